The lowest BCUT2D eigenvalue weighted by Crippen LogP contribution is -2.43. The summed E-state index contributed by atoms with van der Waals surface area (Å²) in [5.41, 5.74) is 4.42. The normalized spacial score (nSPS) is 13.3. The second kappa shape index (κ2) is 10.1. The number of carbonyl (C=O) groups is 1. The minimum atomic E-state index is -1.24. The number of nitrogens with two attached hydrogens (primary N) is 1. The van der Waals surface area contributed by atoms with Crippen molar-refractivity contribution in [3.05, 3.63) is 0 Å². The lowest BCUT2D eigenvalue weighted by Gasteiger charge is -2.29. The summed E-state index contributed by atoms with van der Waals surface area (Å²) in [7, 11) is 0. The number of hydrogen-bond donors (Lipinski definition) is 2. The molecular formula is C13H27FN2O3. The van der Waals surface area contributed by atoms with E-state index in [4.69, 9.17) is 15.2 Å². The molecule has 1 atom stereocenters. The van der Waals surface area contributed by atoms with Gasteiger partial charge in [0.15, 0.2) is 0 Å². The monoisotopic (exact) mass is 278 g/mol. The van der Waals surface area contributed by atoms with Crippen LogP contribution >= 0.6 is 0 Å². The van der Waals surface area contributed by atoms with Crippen LogP contribution < -0.4 is 11.1 Å². The zero-order valence-electron chi connectivity index (χ0n) is 12.2. The Labute approximate surface area is 115 Å². The fraction of sp³-hybridized carbons (Fsp3) is 0.923. The molecule has 0 heterocycles. The van der Waals surface area contributed by atoms with E-state index in [1.807, 2.05) is 0 Å². The Morgan fingerprint density at radius 1 is 1.32 bits per heavy atom. The molecule has 19 heavy (non-hydrogen) atoms. The molecular weight excluding hydrogens is 251 g/mol. The van der Waals surface area contributed by atoms with E-state index >= 15 is 0 Å². The number of carbonyl (C=O) groups excluding carboxylic acids is 1. The average Bonchev–Trinajstić information content (AvgIpc) is 2.34. The van der Waals surface area contributed by atoms with Crippen molar-refractivity contribution in [2.24, 2.45) is 5.73 Å². The molecule has 6 heteroatoms. The number of nitrogens with one attached hydrogen (secondary N) is 1. The summed E-state index contributed by atoms with van der Waals surface area (Å²) >= 11 is 0. The van der Waals surface area contributed by atoms with Gasteiger partial charge >= 0.3 is 0 Å². The number of halogens is 1. The van der Waals surface area contributed by atoms with Gasteiger partial charge in [0.25, 0.3) is 0 Å². The molecule has 0 radical (unpaired) electrons. The third-order valence-corrected chi connectivity index (χ3v) is 2.68. The van der Waals surface area contributed by atoms with Gasteiger partial charge in [-0.3, -0.25) is 4.79 Å². The molecule has 0 rings (SSSR count). The van der Waals surface area contributed by atoms with E-state index < -0.39 is 11.8 Å². The van der Waals surface area contributed by atoms with E-state index in [2.05, 4.69) is 5.32 Å². The van der Waals surface area contributed by atoms with Gasteiger partial charge in [0, 0.05) is 26.7 Å². The molecule has 0 spiro atoms. The minimum Gasteiger partial charge on any atom is -0.381 e. The SMILES string of the molecule is CC(=O)NCC(F)C(C)(C)OCCCOCCCN. The van der Waals surface area contributed by atoms with Crippen molar-refractivity contribution < 1.29 is 18.7 Å². The largest absolute Gasteiger partial charge is 0.381 e. The van der Waals surface area contributed by atoms with Gasteiger partial charge in [0.1, 0.15) is 6.17 Å². The van der Waals surface area contributed by atoms with Crippen LogP contribution in [0.1, 0.15) is 33.6 Å². The van der Waals surface area contributed by atoms with Gasteiger partial charge < -0.3 is 20.5 Å². The van der Waals surface area contributed by atoms with Crippen LogP contribution in [0.2, 0.25) is 0 Å². The molecule has 0 aromatic carbocycles. The maximum absolute atomic E-state index is 13.8. The third kappa shape index (κ3) is 9.81. The molecule has 0 saturated heterocycles. The van der Waals surface area contributed by atoms with Gasteiger partial charge in [-0.2, -0.15) is 0 Å². The molecule has 1 amide bonds. The van der Waals surface area contributed by atoms with E-state index in [1.165, 1.54) is 6.92 Å². The zero-order chi connectivity index (χ0) is 14.7. The fourth-order valence-corrected chi connectivity index (χ4v) is 1.35. The lowest BCUT2D eigenvalue weighted by molar-refractivity contribution is -0.120. The molecule has 0 aromatic rings. The Balaban J connectivity index is 3.68. The van der Waals surface area contributed by atoms with Crippen LogP contribution in [0.15, 0.2) is 0 Å². The summed E-state index contributed by atoms with van der Waals surface area (Å²) in [4.78, 5) is 10.7. The van der Waals surface area contributed by atoms with Gasteiger partial charge in [-0.1, -0.05) is 0 Å². The van der Waals surface area contributed by atoms with Gasteiger partial charge in [-0.05, 0) is 33.2 Å². The Morgan fingerprint density at radius 2 is 1.95 bits per heavy atom. The van der Waals surface area contributed by atoms with Crippen molar-refractivity contribution >= 4 is 5.91 Å². The first-order valence-corrected chi connectivity index (χ1v) is 6.70. The molecule has 5 nitrogen and oxygen atoms in total. The Morgan fingerprint density at radius 3 is 2.53 bits per heavy atom. The summed E-state index contributed by atoms with van der Waals surface area (Å²) in [6.07, 6.45) is 0.311. The fourth-order valence-electron chi connectivity index (χ4n) is 1.35. The topological polar surface area (TPSA) is 73.6 Å². The number of rotatable bonds is 11. The molecule has 0 aliphatic carbocycles. The first kappa shape index (κ1) is 18.3. The van der Waals surface area contributed by atoms with Crippen molar-refractivity contribution in [2.45, 2.75) is 45.4 Å². The lowest BCUT2D eigenvalue weighted by atomic mass is 10.0. The van der Waals surface area contributed by atoms with E-state index in [-0.39, 0.29) is 12.5 Å². The molecule has 0 aliphatic rings. The third-order valence-electron chi connectivity index (χ3n) is 2.68. The highest BCUT2D eigenvalue weighted by atomic mass is 19.1. The summed E-state index contributed by atoms with van der Waals surface area (Å²) in [5, 5.41) is 2.45. The second-order valence-electron chi connectivity index (χ2n) is 4.96. The number of amides is 1. The maximum Gasteiger partial charge on any atom is 0.216 e. The standard InChI is InChI=1S/C13H27FN2O3/c1-11(17)16-10-12(14)13(2,3)19-9-5-8-18-7-4-6-15/h12H,4-10,15H2,1-3H3,(H,16,17). The van der Waals surface area contributed by atoms with Gasteiger partial charge in [0.05, 0.1) is 12.1 Å². The highest BCUT2D eigenvalue weighted by Crippen LogP contribution is 2.18. The minimum absolute atomic E-state index is 0.0324. The Kier molecular flexibility index (Phi) is 9.73. The van der Waals surface area contributed by atoms with Crippen LogP contribution in [0, 0.1) is 0 Å². The van der Waals surface area contributed by atoms with Crippen molar-refractivity contribution in [1.29, 1.82) is 0 Å². The highest BCUT2D eigenvalue weighted by Gasteiger charge is 2.30. The van der Waals surface area contributed by atoms with Crippen LogP contribution in [0.4, 0.5) is 4.39 Å². The predicted octanol–water partition coefficient (Wildman–Crippen LogP) is 1.01. The summed E-state index contributed by atoms with van der Waals surface area (Å²) in [5.74, 6) is -0.244. The molecule has 0 bridgehead atoms. The van der Waals surface area contributed by atoms with Gasteiger partial charge in [-0.25, -0.2) is 4.39 Å². The number of hydrogen-bond acceptors (Lipinski definition) is 4. The van der Waals surface area contributed by atoms with Crippen molar-refractivity contribution in [2.75, 3.05) is 32.9 Å². The Bertz CT molecular complexity index is 250. The van der Waals surface area contributed by atoms with Crippen LogP contribution in [-0.4, -0.2) is 50.6 Å². The summed E-state index contributed by atoms with van der Waals surface area (Å²) in [6, 6.07) is 0. The summed E-state index contributed by atoms with van der Waals surface area (Å²) < 4.78 is 24.6. The van der Waals surface area contributed by atoms with E-state index in [0.717, 1.165) is 6.42 Å². The molecule has 0 fully saturated rings. The van der Waals surface area contributed by atoms with E-state index in [1.54, 1.807) is 13.8 Å². The number of ether oxygens (including phenoxy) is 2. The van der Waals surface area contributed by atoms with Crippen molar-refractivity contribution in [3.8, 4) is 0 Å². The van der Waals surface area contributed by atoms with Crippen molar-refractivity contribution in [3.63, 3.8) is 0 Å². The van der Waals surface area contributed by atoms with Crippen LogP contribution in [0.3, 0.4) is 0 Å². The molecule has 1 unspecified atom stereocenters. The highest BCUT2D eigenvalue weighted by molar-refractivity contribution is 5.72. The van der Waals surface area contributed by atoms with Crippen LogP contribution in [0.25, 0.3) is 0 Å². The van der Waals surface area contributed by atoms with E-state index in [9.17, 15) is 9.18 Å². The van der Waals surface area contributed by atoms with Crippen LogP contribution in [0.5, 0.6) is 0 Å². The molecule has 0 aliphatic heterocycles. The predicted molar refractivity (Wildman–Crippen MR) is 72.7 cm³/mol. The van der Waals surface area contributed by atoms with Crippen molar-refractivity contribution in [1.82, 2.24) is 5.32 Å². The van der Waals surface area contributed by atoms with Gasteiger partial charge in [0.2, 0.25) is 5.91 Å². The second-order valence-corrected chi connectivity index (χ2v) is 4.96. The maximum atomic E-state index is 13.8. The molecule has 0 aromatic heterocycles. The first-order chi connectivity index (χ1) is 8.90. The Hall–Kier alpha value is -0.720. The molecule has 3 N–H and O–H groups in total. The van der Waals surface area contributed by atoms with Gasteiger partial charge in [-0.15, -0.1) is 0 Å². The average molecular weight is 278 g/mol. The summed E-state index contributed by atoms with van der Waals surface area (Å²) in [6.45, 7) is 6.96. The molecule has 0 saturated carbocycles. The molecule has 114 valence electrons. The van der Waals surface area contributed by atoms with Crippen LogP contribution in [-0.2, 0) is 14.3 Å². The first-order valence-electron chi connectivity index (χ1n) is 6.70. The quantitative estimate of drug-likeness (QED) is 0.553. The zero-order valence-corrected chi connectivity index (χ0v) is 12.2. The number of alkyl halides is 1. The smallest absolute Gasteiger partial charge is 0.216 e. The van der Waals surface area contributed by atoms with E-state index in [0.29, 0.717) is 32.8 Å².